The molecule has 4 heteroatoms. The molecule has 0 aliphatic rings. The molecule has 2 aromatic rings. The number of esters is 1. The van der Waals surface area contributed by atoms with Crippen LogP contribution in [0.4, 0.5) is 0 Å². The van der Waals surface area contributed by atoms with Gasteiger partial charge in [-0.05, 0) is 25.8 Å². The van der Waals surface area contributed by atoms with E-state index in [9.17, 15) is 9.59 Å². The third-order valence-electron chi connectivity index (χ3n) is 3.62. The number of rotatable bonds is 7. The van der Waals surface area contributed by atoms with Crippen molar-refractivity contribution < 1.29 is 14.3 Å². The number of hydrogen-bond acceptors (Lipinski definition) is 3. The van der Waals surface area contributed by atoms with Crippen LogP contribution in [0.2, 0.25) is 0 Å². The van der Waals surface area contributed by atoms with E-state index in [0.29, 0.717) is 12.0 Å². The molecule has 0 aliphatic heterocycles. The van der Waals surface area contributed by atoms with Crippen LogP contribution in [0.1, 0.15) is 43.0 Å². The van der Waals surface area contributed by atoms with Gasteiger partial charge in [0.2, 0.25) is 0 Å². The Hall–Kier alpha value is -2.10. The molecule has 0 radical (unpaired) electrons. The van der Waals surface area contributed by atoms with Crippen LogP contribution in [0.15, 0.2) is 30.5 Å². The maximum atomic E-state index is 11.8. The molecule has 0 bridgehead atoms. The Morgan fingerprint density at radius 3 is 2.62 bits per heavy atom. The summed E-state index contributed by atoms with van der Waals surface area (Å²) in [4.78, 5) is 22.7. The zero-order chi connectivity index (χ0) is 15.2. The second-order valence-corrected chi connectivity index (χ2v) is 5.26. The van der Waals surface area contributed by atoms with Crippen LogP contribution in [-0.2, 0) is 16.1 Å². The number of benzene rings is 1. The Morgan fingerprint density at radius 1 is 1.14 bits per heavy atom. The van der Waals surface area contributed by atoms with E-state index in [4.69, 9.17) is 4.74 Å². The van der Waals surface area contributed by atoms with Crippen LogP contribution in [0.25, 0.3) is 10.9 Å². The molecular formula is C17H21NO3. The highest BCUT2D eigenvalue weighted by atomic mass is 16.5. The van der Waals surface area contributed by atoms with E-state index in [-0.39, 0.29) is 11.8 Å². The fourth-order valence-electron chi connectivity index (χ4n) is 2.54. The Labute approximate surface area is 124 Å². The van der Waals surface area contributed by atoms with Gasteiger partial charge in [-0.2, -0.15) is 0 Å². The number of carbonyl (C=O) groups excluding carboxylic acids is 2. The minimum absolute atomic E-state index is 0.245. The van der Waals surface area contributed by atoms with Crippen LogP contribution in [0.5, 0.6) is 0 Å². The minimum Gasteiger partial charge on any atom is -0.465 e. The van der Waals surface area contributed by atoms with E-state index in [0.717, 1.165) is 36.7 Å². The third-order valence-corrected chi connectivity index (χ3v) is 3.62. The summed E-state index contributed by atoms with van der Waals surface area (Å²) in [6.07, 6.45) is 5.45. The van der Waals surface area contributed by atoms with Gasteiger partial charge in [0.15, 0.2) is 0 Å². The summed E-state index contributed by atoms with van der Waals surface area (Å²) in [5, 5.41) is 0.924. The summed E-state index contributed by atoms with van der Waals surface area (Å²) in [5.41, 5.74) is 1.65. The van der Waals surface area contributed by atoms with E-state index >= 15 is 0 Å². The van der Waals surface area contributed by atoms with Crippen molar-refractivity contribution >= 4 is 22.7 Å². The molecule has 0 fully saturated rings. The summed E-state index contributed by atoms with van der Waals surface area (Å²) in [5.74, 6) is -0.0593. The maximum Gasteiger partial charge on any atom is 0.340 e. The van der Waals surface area contributed by atoms with Gasteiger partial charge in [0.05, 0.1) is 12.7 Å². The van der Waals surface area contributed by atoms with Crippen LogP contribution < -0.4 is 0 Å². The van der Waals surface area contributed by atoms with Crippen molar-refractivity contribution in [2.45, 2.75) is 39.2 Å². The molecule has 1 aromatic heterocycles. The number of nitrogens with zero attached hydrogens (tertiary/aromatic N) is 1. The topological polar surface area (TPSA) is 48.3 Å². The van der Waals surface area contributed by atoms with Gasteiger partial charge in [0.25, 0.3) is 0 Å². The summed E-state index contributed by atoms with van der Waals surface area (Å²) >= 11 is 0. The second-order valence-electron chi connectivity index (χ2n) is 5.26. The first-order chi connectivity index (χ1) is 10.1. The predicted octanol–water partition coefficient (Wildman–Crippen LogP) is 3.58. The molecule has 0 amide bonds. The van der Waals surface area contributed by atoms with E-state index in [1.165, 1.54) is 7.11 Å². The Balaban J connectivity index is 2.09. The zero-order valence-corrected chi connectivity index (χ0v) is 12.6. The van der Waals surface area contributed by atoms with Gasteiger partial charge >= 0.3 is 5.97 Å². The highest BCUT2D eigenvalue weighted by Gasteiger charge is 2.14. The first-order valence-corrected chi connectivity index (χ1v) is 7.29. The van der Waals surface area contributed by atoms with Gasteiger partial charge in [-0.1, -0.05) is 24.6 Å². The van der Waals surface area contributed by atoms with Crippen molar-refractivity contribution in [2.24, 2.45) is 0 Å². The van der Waals surface area contributed by atoms with E-state index in [1.807, 2.05) is 30.5 Å². The molecule has 0 saturated heterocycles. The molecule has 0 spiro atoms. The van der Waals surface area contributed by atoms with Crippen molar-refractivity contribution in [3.63, 3.8) is 0 Å². The van der Waals surface area contributed by atoms with Crippen molar-refractivity contribution in [2.75, 3.05) is 7.11 Å². The lowest BCUT2D eigenvalue weighted by molar-refractivity contribution is -0.117. The number of aromatic nitrogens is 1. The fourth-order valence-corrected chi connectivity index (χ4v) is 2.54. The highest BCUT2D eigenvalue weighted by Crippen LogP contribution is 2.22. The average Bonchev–Trinajstić information content (AvgIpc) is 2.85. The first-order valence-electron chi connectivity index (χ1n) is 7.29. The molecule has 0 unspecified atom stereocenters. The SMILES string of the molecule is COC(=O)c1cn(CCCCCC(C)=O)c2ccccc12. The molecule has 1 heterocycles. The van der Waals surface area contributed by atoms with Crippen LogP contribution in [0.3, 0.4) is 0 Å². The maximum absolute atomic E-state index is 11.8. The van der Waals surface area contributed by atoms with E-state index < -0.39 is 0 Å². The number of methoxy groups -OCH3 is 1. The minimum atomic E-state index is -0.304. The van der Waals surface area contributed by atoms with Crippen LogP contribution in [-0.4, -0.2) is 23.4 Å². The number of carbonyl (C=O) groups is 2. The summed E-state index contributed by atoms with van der Waals surface area (Å²) in [6, 6.07) is 7.84. The standard InChI is InChI=1S/C17H21NO3/c1-13(19)8-4-3-7-11-18-12-15(17(20)21-2)14-9-5-6-10-16(14)18/h5-6,9-10,12H,3-4,7-8,11H2,1-2H3. The second kappa shape index (κ2) is 7.07. The Kier molecular flexibility index (Phi) is 5.14. The monoisotopic (exact) mass is 287 g/mol. The largest absolute Gasteiger partial charge is 0.465 e. The van der Waals surface area contributed by atoms with E-state index in [2.05, 4.69) is 4.57 Å². The molecule has 0 atom stereocenters. The van der Waals surface area contributed by atoms with Gasteiger partial charge in [0, 0.05) is 30.1 Å². The van der Waals surface area contributed by atoms with Gasteiger partial charge in [-0.15, -0.1) is 0 Å². The number of ether oxygens (including phenoxy) is 1. The lowest BCUT2D eigenvalue weighted by Crippen LogP contribution is -2.00. The van der Waals surface area contributed by atoms with E-state index in [1.54, 1.807) is 6.92 Å². The number of hydrogen-bond donors (Lipinski definition) is 0. The summed E-state index contributed by atoms with van der Waals surface area (Å²) in [7, 11) is 1.40. The van der Waals surface area contributed by atoms with Gasteiger partial charge < -0.3 is 14.1 Å². The summed E-state index contributed by atoms with van der Waals surface area (Å²) in [6.45, 7) is 2.47. The van der Waals surface area contributed by atoms with Crippen LogP contribution in [0, 0.1) is 0 Å². The van der Waals surface area contributed by atoms with Crippen molar-refractivity contribution in [1.82, 2.24) is 4.57 Å². The molecule has 2 rings (SSSR count). The fraction of sp³-hybridized carbons (Fsp3) is 0.412. The average molecular weight is 287 g/mol. The highest BCUT2D eigenvalue weighted by molar-refractivity contribution is 6.04. The van der Waals surface area contributed by atoms with Gasteiger partial charge in [-0.3, -0.25) is 0 Å². The first kappa shape index (κ1) is 15.3. The summed E-state index contributed by atoms with van der Waals surface area (Å²) < 4.78 is 6.93. The zero-order valence-electron chi connectivity index (χ0n) is 12.6. The van der Waals surface area contributed by atoms with Crippen LogP contribution >= 0.6 is 0 Å². The van der Waals surface area contributed by atoms with Crippen molar-refractivity contribution in [3.8, 4) is 0 Å². The number of fused-ring (bicyclic) bond motifs is 1. The molecule has 4 nitrogen and oxygen atoms in total. The molecule has 112 valence electrons. The third kappa shape index (κ3) is 3.72. The van der Waals surface area contributed by atoms with Crippen molar-refractivity contribution in [1.29, 1.82) is 0 Å². The predicted molar refractivity (Wildman–Crippen MR) is 82.4 cm³/mol. The molecule has 0 N–H and O–H groups in total. The van der Waals surface area contributed by atoms with Gasteiger partial charge in [-0.25, -0.2) is 4.79 Å². The van der Waals surface area contributed by atoms with Gasteiger partial charge in [0.1, 0.15) is 5.78 Å². The normalized spacial score (nSPS) is 10.8. The number of unbranched alkanes of at least 4 members (excludes halogenated alkanes) is 2. The number of Topliss-reactive ketones (excluding diaryl/α,β-unsaturated/α-hetero) is 1. The number of aryl methyl sites for hydroxylation is 1. The Morgan fingerprint density at radius 2 is 1.90 bits per heavy atom. The number of ketones is 1. The smallest absolute Gasteiger partial charge is 0.340 e. The molecule has 0 aliphatic carbocycles. The molecular weight excluding hydrogens is 266 g/mol. The molecule has 0 saturated carbocycles. The molecule has 1 aromatic carbocycles. The lowest BCUT2D eigenvalue weighted by atomic mass is 10.1. The lowest BCUT2D eigenvalue weighted by Gasteiger charge is -2.04. The Bertz CT molecular complexity index is 643. The number of para-hydroxylation sites is 1. The van der Waals surface area contributed by atoms with Crippen molar-refractivity contribution in [3.05, 3.63) is 36.0 Å². The molecule has 21 heavy (non-hydrogen) atoms. The quantitative estimate of drug-likeness (QED) is 0.577.